The van der Waals surface area contributed by atoms with E-state index in [1.165, 1.54) is 0 Å². The van der Waals surface area contributed by atoms with Gasteiger partial charge in [-0.05, 0) is 18.8 Å². The summed E-state index contributed by atoms with van der Waals surface area (Å²) in [7, 11) is -3.18. The zero-order chi connectivity index (χ0) is 14.0. The Morgan fingerprint density at radius 2 is 2.00 bits per heavy atom. The highest BCUT2D eigenvalue weighted by Crippen LogP contribution is 2.23. The number of rotatable bonds is 4. The average Bonchev–Trinajstić information content (AvgIpc) is 2.26. The molecule has 0 spiro atoms. The first kappa shape index (κ1) is 16.4. The Kier molecular flexibility index (Phi) is 5.65. The predicted molar refractivity (Wildman–Crippen MR) is 77.6 cm³/mol. The van der Waals surface area contributed by atoms with Gasteiger partial charge in [-0.2, -0.15) is 4.31 Å². The third-order valence-electron chi connectivity index (χ3n) is 3.09. The van der Waals surface area contributed by atoms with Gasteiger partial charge in [0.05, 0.1) is 18.5 Å². The molecule has 1 rings (SSSR count). The lowest BCUT2D eigenvalue weighted by Crippen LogP contribution is -2.52. The Morgan fingerprint density at radius 1 is 1.39 bits per heavy atom. The average molecular weight is 342 g/mol. The Balaban J connectivity index is 2.70. The smallest absolute Gasteiger partial charge is 0.214 e. The van der Waals surface area contributed by atoms with Crippen molar-refractivity contribution in [1.82, 2.24) is 4.31 Å². The lowest BCUT2D eigenvalue weighted by Gasteiger charge is -2.37. The van der Waals surface area contributed by atoms with Crippen LogP contribution in [-0.2, 0) is 14.8 Å². The standard InChI is InChI=1S/C12H24BrNO3S/c1-10-9-17-11(7-13)8-14(10)18(15,16)6-5-12(2,3)4/h10-11H,5-9H2,1-4H3. The van der Waals surface area contributed by atoms with Gasteiger partial charge >= 0.3 is 0 Å². The van der Waals surface area contributed by atoms with Gasteiger partial charge in [0, 0.05) is 17.9 Å². The van der Waals surface area contributed by atoms with Gasteiger partial charge in [0.2, 0.25) is 10.0 Å². The number of hydrogen-bond donors (Lipinski definition) is 0. The van der Waals surface area contributed by atoms with E-state index in [0.29, 0.717) is 24.9 Å². The fourth-order valence-corrected chi connectivity index (χ4v) is 4.32. The quantitative estimate of drug-likeness (QED) is 0.736. The van der Waals surface area contributed by atoms with E-state index < -0.39 is 10.0 Å². The SMILES string of the molecule is CC1COC(CBr)CN1S(=O)(=O)CCC(C)(C)C. The zero-order valence-corrected chi connectivity index (χ0v) is 14.1. The summed E-state index contributed by atoms with van der Waals surface area (Å²) >= 11 is 3.35. The topological polar surface area (TPSA) is 46.6 Å². The van der Waals surface area contributed by atoms with Gasteiger partial charge in [0.15, 0.2) is 0 Å². The van der Waals surface area contributed by atoms with Crippen LogP contribution >= 0.6 is 15.9 Å². The molecule has 18 heavy (non-hydrogen) atoms. The van der Waals surface area contributed by atoms with E-state index in [1.807, 2.05) is 6.92 Å². The van der Waals surface area contributed by atoms with Crippen molar-refractivity contribution in [1.29, 1.82) is 0 Å². The fourth-order valence-electron chi connectivity index (χ4n) is 1.83. The highest BCUT2D eigenvalue weighted by atomic mass is 79.9. The summed E-state index contributed by atoms with van der Waals surface area (Å²) < 4.78 is 31.9. The maximum absolute atomic E-state index is 12.4. The number of halogens is 1. The minimum atomic E-state index is -3.18. The van der Waals surface area contributed by atoms with Crippen molar-refractivity contribution in [3.05, 3.63) is 0 Å². The maximum Gasteiger partial charge on any atom is 0.214 e. The molecule has 1 aliphatic rings. The van der Waals surface area contributed by atoms with Crippen LogP contribution in [0.15, 0.2) is 0 Å². The molecule has 108 valence electrons. The molecule has 0 aromatic rings. The molecule has 0 N–H and O–H groups in total. The van der Waals surface area contributed by atoms with Crippen molar-refractivity contribution in [3.8, 4) is 0 Å². The number of sulfonamides is 1. The summed E-state index contributed by atoms with van der Waals surface area (Å²) in [5.74, 6) is 0.218. The molecular weight excluding hydrogens is 318 g/mol. The monoisotopic (exact) mass is 341 g/mol. The molecule has 1 saturated heterocycles. The molecular formula is C12H24BrNO3S. The van der Waals surface area contributed by atoms with Crippen molar-refractivity contribution in [2.75, 3.05) is 24.2 Å². The van der Waals surface area contributed by atoms with Crippen molar-refractivity contribution in [2.24, 2.45) is 5.41 Å². The number of ether oxygens (including phenoxy) is 1. The van der Waals surface area contributed by atoms with Gasteiger partial charge in [-0.25, -0.2) is 8.42 Å². The number of morpholine rings is 1. The normalized spacial score (nSPS) is 27.4. The largest absolute Gasteiger partial charge is 0.374 e. The van der Waals surface area contributed by atoms with Crippen LogP contribution in [0.5, 0.6) is 0 Å². The van der Waals surface area contributed by atoms with E-state index >= 15 is 0 Å². The fraction of sp³-hybridized carbons (Fsp3) is 1.00. The molecule has 0 aliphatic carbocycles. The molecule has 2 unspecified atom stereocenters. The Bertz CT molecular complexity index is 364. The summed E-state index contributed by atoms with van der Waals surface area (Å²) in [6.07, 6.45) is 0.642. The number of alkyl halides is 1. The Labute approximate surface area is 119 Å². The molecule has 0 bridgehead atoms. The van der Waals surface area contributed by atoms with Crippen molar-refractivity contribution in [2.45, 2.75) is 46.3 Å². The van der Waals surface area contributed by atoms with E-state index in [2.05, 4.69) is 36.7 Å². The highest BCUT2D eigenvalue weighted by molar-refractivity contribution is 9.09. The van der Waals surface area contributed by atoms with Crippen LogP contribution in [0, 0.1) is 5.41 Å². The van der Waals surface area contributed by atoms with Gasteiger partial charge in [0.1, 0.15) is 0 Å². The first-order valence-corrected chi connectivity index (χ1v) is 9.06. The van der Waals surface area contributed by atoms with Crippen LogP contribution in [0.4, 0.5) is 0 Å². The first-order chi connectivity index (χ1) is 8.15. The number of hydrogen-bond acceptors (Lipinski definition) is 3. The van der Waals surface area contributed by atoms with Crippen LogP contribution in [0.3, 0.4) is 0 Å². The minimum Gasteiger partial charge on any atom is -0.374 e. The molecule has 0 aromatic carbocycles. The first-order valence-electron chi connectivity index (χ1n) is 6.33. The molecule has 0 amide bonds. The van der Waals surface area contributed by atoms with Crippen LogP contribution in [0.2, 0.25) is 0 Å². The highest BCUT2D eigenvalue weighted by Gasteiger charge is 2.34. The Hall–Kier alpha value is 0.350. The van der Waals surface area contributed by atoms with Crippen molar-refractivity contribution < 1.29 is 13.2 Å². The van der Waals surface area contributed by atoms with Gasteiger partial charge in [-0.15, -0.1) is 0 Å². The minimum absolute atomic E-state index is 0.0365. The van der Waals surface area contributed by atoms with E-state index in [4.69, 9.17) is 4.74 Å². The molecule has 0 radical (unpaired) electrons. The molecule has 6 heteroatoms. The Morgan fingerprint density at radius 3 is 2.50 bits per heavy atom. The van der Waals surface area contributed by atoms with Gasteiger partial charge in [-0.1, -0.05) is 36.7 Å². The summed E-state index contributed by atoms with van der Waals surface area (Å²) in [6.45, 7) is 9.02. The molecule has 1 heterocycles. The summed E-state index contributed by atoms with van der Waals surface area (Å²) in [5.41, 5.74) is 0.0391. The van der Waals surface area contributed by atoms with E-state index in [9.17, 15) is 8.42 Å². The van der Waals surface area contributed by atoms with Crippen LogP contribution in [0.25, 0.3) is 0 Å². The van der Waals surface area contributed by atoms with Gasteiger partial charge in [0.25, 0.3) is 0 Å². The summed E-state index contributed by atoms with van der Waals surface area (Å²) in [6, 6.07) is -0.0646. The molecule has 2 atom stereocenters. The van der Waals surface area contributed by atoms with Crippen LogP contribution in [-0.4, -0.2) is 49.1 Å². The lowest BCUT2D eigenvalue weighted by molar-refractivity contribution is -0.0139. The molecule has 0 aromatic heterocycles. The summed E-state index contributed by atoms with van der Waals surface area (Å²) in [5, 5.41) is 0.672. The second-order valence-electron chi connectivity index (χ2n) is 6.16. The van der Waals surface area contributed by atoms with Gasteiger partial charge < -0.3 is 4.74 Å². The number of nitrogens with zero attached hydrogens (tertiary/aromatic N) is 1. The molecule has 4 nitrogen and oxygen atoms in total. The van der Waals surface area contributed by atoms with E-state index in [0.717, 1.165) is 0 Å². The summed E-state index contributed by atoms with van der Waals surface area (Å²) in [4.78, 5) is 0. The van der Waals surface area contributed by atoms with Crippen LogP contribution < -0.4 is 0 Å². The second-order valence-corrected chi connectivity index (χ2v) is 8.84. The molecule has 1 fully saturated rings. The van der Waals surface area contributed by atoms with Crippen molar-refractivity contribution >= 4 is 26.0 Å². The third-order valence-corrected chi connectivity index (χ3v) is 5.75. The van der Waals surface area contributed by atoms with Crippen LogP contribution in [0.1, 0.15) is 34.1 Å². The van der Waals surface area contributed by atoms with Gasteiger partial charge in [-0.3, -0.25) is 0 Å². The lowest BCUT2D eigenvalue weighted by atomic mass is 9.94. The molecule has 1 aliphatic heterocycles. The van der Waals surface area contributed by atoms with E-state index in [1.54, 1.807) is 4.31 Å². The second kappa shape index (κ2) is 6.20. The zero-order valence-electron chi connectivity index (χ0n) is 11.6. The maximum atomic E-state index is 12.4. The molecule has 0 saturated carbocycles. The van der Waals surface area contributed by atoms with E-state index in [-0.39, 0.29) is 23.3 Å². The third kappa shape index (κ3) is 4.79. The van der Waals surface area contributed by atoms with Crippen molar-refractivity contribution in [3.63, 3.8) is 0 Å². The predicted octanol–water partition coefficient (Wildman–Crippen LogP) is 2.24.